The number of hydrogen-bond acceptors (Lipinski definition) is 1. The lowest BCUT2D eigenvalue weighted by molar-refractivity contribution is 1.27. The summed E-state index contributed by atoms with van der Waals surface area (Å²) in [6.07, 6.45) is 0.775. The molecule has 0 aliphatic heterocycles. The maximum absolute atomic E-state index is 4.96. The SMILES string of the molecule is CCC#CN=C(N)N. The van der Waals surface area contributed by atoms with Crippen LogP contribution in [0.4, 0.5) is 0 Å². The van der Waals surface area contributed by atoms with Gasteiger partial charge in [0, 0.05) is 12.5 Å². The molecule has 4 N–H and O–H groups in total. The highest BCUT2D eigenvalue weighted by Gasteiger charge is 1.67. The molecule has 0 atom stereocenters. The Bertz CT molecular complexity index is 133. The smallest absolute Gasteiger partial charge is 0.199 e. The first-order valence-electron chi connectivity index (χ1n) is 2.34. The van der Waals surface area contributed by atoms with Crippen LogP contribution in [0.5, 0.6) is 0 Å². The van der Waals surface area contributed by atoms with Gasteiger partial charge in [0.25, 0.3) is 0 Å². The normalized spacial score (nSPS) is 6.62. The minimum absolute atomic E-state index is 0.0194. The van der Waals surface area contributed by atoms with Crippen molar-refractivity contribution in [2.45, 2.75) is 13.3 Å². The second kappa shape index (κ2) is 4.00. The van der Waals surface area contributed by atoms with E-state index in [4.69, 9.17) is 11.5 Å². The largest absolute Gasteiger partial charge is 0.369 e. The summed E-state index contributed by atoms with van der Waals surface area (Å²) in [7, 11) is 0. The van der Waals surface area contributed by atoms with E-state index in [9.17, 15) is 0 Å². The highest BCUT2D eigenvalue weighted by Crippen LogP contribution is 1.66. The predicted molar refractivity (Wildman–Crippen MR) is 33.9 cm³/mol. The van der Waals surface area contributed by atoms with Crippen molar-refractivity contribution in [1.82, 2.24) is 0 Å². The average molecular weight is 111 g/mol. The van der Waals surface area contributed by atoms with E-state index in [1.54, 1.807) is 0 Å². The maximum atomic E-state index is 4.96. The van der Waals surface area contributed by atoms with Crippen LogP contribution in [-0.4, -0.2) is 5.96 Å². The zero-order valence-corrected chi connectivity index (χ0v) is 4.81. The topological polar surface area (TPSA) is 64.4 Å². The fraction of sp³-hybridized carbons (Fsp3) is 0.400. The van der Waals surface area contributed by atoms with Crippen LogP contribution in [-0.2, 0) is 0 Å². The van der Waals surface area contributed by atoms with Gasteiger partial charge in [0.1, 0.15) is 0 Å². The summed E-state index contributed by atoms with van der Waals surface area (Å²) in [5.41, 5.74) is 9.92. The molecule has 0 amide bonds. The monoisotopic (exact) mass is 111 g/mol. The highest BCUT2D eigenvalue weighted by atomic mass is 15.0. The predicted octanol–water partition coefficient (Wildman–Crippen LogP) is -0.369. The van der Waals surface area contributed by atoms with Gasteiger partial charge in [-0.1, -0.05) is 12.8 Å². The first-order chi connectivity index (χ1) is 3.77. The molecule has 0 saturated heterocycles. The molecule has 0 bridgehead atoms. The Morgan fingerprint density at radius 1 is 1.62 bits per heavy atom. The van der Waals surface area contributed by atoms with Gasteiger partial charge in [-0.25, -0.2) is 0 Å². The minimum Gasteiger partial charge on any atom is -0.369 e. The van der Waals surface area contributed by atoms with E-state index in [0.29, 0.717) is 0 Å². The standard InChI is InChI=1S/C5H9N3/c1-2-3-4-8-5(6)7/h2H2,1H3,(H4,6,7,8). The van der Waals surface area contributed by atoms with Crippen LogP contribution in [0.15, 0.2) is 4.99 Å². The van der Waals surface area contributed by atoms with Crippen molar-refractivity contribution < 1.29 is 0 Å². The summed E-state index contributed by atoms with van der Waals surface area (Å²) in [6.45, 7) is 1.93. The molecule has 0 aromatic carbocycles. The Morgan fingerprint density at radius 2 is 2.25 bits per heavy atom. The third-order valence-electron chi connectivity index (χ3n) is 0.441. The van der Waals surface area contributed by atoms with Crippen LogP contribution in [0, 0.1) is 12.0 Å². The Morgan fingerprint density at radius 3 is 2.62 bits per heavy atom. The molecule has 0 aliphatic rings. The van der Waals surface area contributed by atoms with Crippen LogP contribution in [0.25, 0.3) is 0 Å². The third-order valence-corrected chi connectivity index (χ3v) is 0.441. The molecule has 3 nitrogen and oxygen atoms in total. The molecule has 0 aliphatic carbocycles. The van der Waals surface area contributed by atoms with Crippen LogP contribution < -0.4 is 11.5 Å². The quantitative estimate of drug-likeness (QED) is 0.254. The zero-order chi connectivity index (χ0) is 6.41. The van der Waals surface area contributed by atoms with Crippen molar-refractivity contribution in [2.24, 2.45) is 16.5 Å². The average Bonchev–Trinajstić information content (AvgIpc) is 1.66. The van der Waals surface area contributed by atoms with E-state index in [1.165, 1.54) is 0 Å². The lowest BCUT2D eigenvalue weighted by atomic mass is 10.5. The second-order valence-electron chi connectivity index (χ2n) is 1.18. The van der Waals surface area contributed by atoms with Crippen molar-refractivity contribution in [3.63, 3.8) is 0 Å². The third kappa shape index (κ3) is 4.83. The second-order valence-corrected chi connectivity index (χ2v) is 1.18. The Hall–Kier alpha value is -1.17. The maximum Gasteiger partial charge on any atom is 0.199 e. The van der Waals surface area contributed by atoms with Gasteiger partial charge >= 0.3 is 0 Å². The summed E-state index contributed by atoms with van der Waals surface area (Å²) >= 11 is 0. The van der Waals surface area contributed by atoms with Gasteiger partial charge in [-0.15, -0.1) is 0 Å². The van der Waals surface area contributed by atoms with Crippen molar-refractivity contribution in [2.75, 3.05) is 0 Å². The summed E-state index contributed by atoms with van der Waals surface area (Å²) in [4.78, 5) is 3.43. The van der Waals surface area contributed by atoms with E-state index in [2.05, 4.69) is 17.0 Å². The van der Waals surface area contributed by atoms with Crippen LogP contribution in [0.3, 0.4) is 0 Å². The van der Waals surface area contributed by atoms with Gasteiger partial charge < -0.3 is 11.5 Å². The number of nitrogens with zero attached hydrogens (tertiary/aromatic N) is 1. The zero-order valence-electron chi connectivity index (χ0n) is 4.81. The molecule has 0 rings (SSSR count). The van der Waals surface area contributed by atoms with Gasteiger partial charge in [0.15, 0.2) is 5.96 Å². The van der Waals surface area contributed by atoms with Crippen LogP contribution in [0.2, 0.25) is 0 Å². The fourth-order valence-electron chi connectivity index (χ4n) is 0.183. The minimum atomic E-state index is 0.0194. The summed E-state index contributed by atoms with van der Waals surface area (Å²) in [6, 6.07) is 2.42. The van der Waals surface area contributed by atoms with E-state index >= 15 is 0 Å². The first kappa shape index (κ1) is 6.83. The van der Waals surface area contributed by atoms with E-state index < -0.39 is 0 Å². The summed E-state index contributed by atoms with van der Waals surface area (Å²) in [5.74, 6) is 2.70. The molecule has 44 valence electrons. The highest BCUT2D eigenvalue weighted by molar-refractivity contribution is 5.76. The molecule has 0 saturated carbocycles. The van der Waals surface area contributed by atoms with Gasteiger partial charge in [0.2, 0.25) is 0 Å². The molecule has 0 fully saturated rings. The number of hydrogen-bond donors (Lipinski definition) is 2. The molecule has 0 heterocycles. The Labute approximate surface area is 48.8 Å². The Balaban J connectivity index is 3.57. The molecule has 0 spiro atoms. The number of aliphatic imine (C=N–C) groups is 1. The van der Waals surface area contributed by atoms with Crippen LogP contribution >= 0.6 is 0 Å². The molecule has 0 aromatic rings. The van der Waals surface area contributed by atoms with Gasteiger partial charge in [-0.3, -0.25) is 0 Å². The van der Waals surface area contributed by atoms with E-state index in [0.717, 1.165) is 6.42 Å². The molecular weight excluding hydrogens is 102 g/mol. The molecule has 3 heteroatoms. The van der Waals surface area contributed by atoms with Gasteiger partial charge in [-0.2, -0.15) is 4.99 Å². The first-order valence-corrected chi connectivity index (χ1v) is 2.34. The molecule has 8 heavy (non-hydrogen) atoms. The molecule has 0 unspecified atom stereocenters. The summed E-state index contributed by atoms with van der Waals surface area (Å²) < 4.78 is 0. The van der Waals surface area contributed by atoms with E-state index in [1.807, 2.05) is 6.92 Å². The van der Waals surface area contributed by atoms with Crippen LogP contribution in [0.1, 0.15) is 13.3 Å². The molecule has 0 radical (unpaired) electrons. The van der Waals surface area contributed by atoms with Gasteiger partial charge in [0.05, 0.1) is 0 Å². The van der Waals surface area contributed by atoms with Crippen molar-refractivity contribution in [3.05, 3.63) is 0 Å². The van der Waals surface area contributed by atoms with E-state index in [-0.39, 0.29) is 5.96 Å². The summed E-state index contributed by atoms with van der Waals surface area (Å²) in [5, 5.41) is 0. The van der Waals surface area contributed by atoms with Crippen molar-refractivity contribution in [3.8, 4) is 12.0 Å². The van der Waals surface area contributed by atoms with Crippen molar-refractivity contribution >= 4 is 5.96 Å². The molecular formula is C5H9N3. The van der Waals surface area contributed by atoms with Crippen molar-refractivity contribution in [1.29, 1.82) is 0 Å². The number of guanidine groups is 1. The lowest BCUT2D eigenvalue weighted by Gasteiger charge is -1.77. The fourth-order valence-corrected chi connectivity index (χ4v) is 0.183. The lowest BCUT2D eigenvalue weighted by Crippen LogP contribution is -2.21. The molecule has 0 aromatic heterocycles. The number of rotatable bonds is 0. The number of nitrogens with two attached hydrogens (primary N) is 2. The Kier molecular flexibility index (Phi) is 3.42. The van der Waals surface area contributed by atoms with Gasteiger partial charge in [-0.05, 0) is 0 Å².